The van der Waals surface area contributed by atoms with Crippen LogP contribution in [0.3, 0.4) is 0 Å². The Labute approximate surface area is 185 Å². The quantitative estimate of drug-likeness (QED) is 0.269. The van der Waals surface area contributed by atoms with Gasteiger partial charge in [-0.1, -0.05) is 48.5 Å². The van der Waals surface area contributed by atoms with Crippen LogP contribution in [0.25, 0.3) is 55.1 Å². The summed E-state index contributed by atoms with van der Waals surface area (Å²) in [7, 11) is 2.02. The minimum absolute atomic E-state index is 0.282. The molecule has 6 aromatic rings. The van der Waals surface area contributed by atoms with Crippen LogP contribution in [0.15, 0.2) is 95.5 Å². The van der Waals surface area contributed by atoms with E-state index in [9.17, 15) is 0 Å². The first-order valence-electron chi connectivity index (χ1n) is 10.7. The number of aryl methyl sites for hydroxylation is 2. The summed E-state index contributed by atoms with van der Waals surface area (Å²) in [6, 6.07) is 27.8. The number of hydrogen-bond acceptors (Lipinski definition) is 1. The van der Waals surface area contributed by atoms with Gasteiger partial charge in [-0.2, -0.15) is 0 Å². The molecule has 32 heavy (non-hydrogen) atoms. The molecule has 0 N–H and O–H groups in total. The van der Waals surface area contributed by atoms with Crippen molar-refractivity contribution < 1.29 is 13.4 Å². The van der Waals surface area contributed by atoms with Crippen molar-refractivity contribution in [2.45, 2.75) is 6.92 Å². The molecule has 3 heteroatoms. The average molecular weight is 418 g/mol. The van der Waals surface area contributed by atoms with Gasteiger partial charge in [-0.15, -0.1) is 0 Å². The van der Waals surface area contributed by atoms with Gasteiger partial charge in [0.15, 0.2) is 6.20 Å². The van der Waals surface area contributed by atoms with Crippen LogP contribution in [0.1, 0.15) is 5.56 Å². The fourth-order valence-corrected chi connectivity index (χ4v) is 4.69. The second kappa shape index (κ2) is 7.03. The number of fused-ring (bicyclic) bond motifs is 4. The van der Waals surface area contributed by atoms with E-state index in [0.717, 1.165) is 49.5 Å². The minimum atomic E-state index is -0.282. The van der Waals surface area contributed by atoms with Gasteiger partial charge in [0.1, 0.15) is 24.0 Å². The molecule has 0 bridgehead atoms. The summed E-state index contributed by atoms with van der Waals surface area (Å²) >= 11 is 0. The molecule has 2 aromatic heterocycles. The van der Waals surface area contributed by atoms with Crippen molar-refractivity contribution in [2.24, 2.45) is 7.05 Å². The Morgan fingerprint density at radius 3 is 2.25 bits per heavy atom. The Balaban J connectivity index is 1.70. The lowest BCUT2D eigenvalue weighted by molar-refractivity contribution is -0.660. The molecule has 6 rings (SSSR count). The van der Waals surface area contributed by atoms with Gasteiger partial charge in [-0.05, 0) is 53.1 Å². The molecular formula is C29H21FNO+. The van der Waals surface area contributed by atoms with Crippen molar-refractivity contribution in [3.8, 4) is 22.4 Å². The number of pyridine rings is 1. The number of halogens is 1. The first kappa shape index (κ1) is 18.8. The summed E-state index contributed by atoms with van der Waals surface area (Å²) in [6.07, 6.45) is 2.02. The molecule has 2 heterocycles. The van der Waals surface area contributed by atoms with Crippen molar-refractivity contribution in [2.75, 3.05) is 0 Å². The molecule has 0 saturated carbocycles. The van der Waals surface area contributed by atoms with Crippen LogP contribution in [0.4, 0.5) is 4.39 Å². The van der Waals surface area contributed by atoms with Crippen molar-refractivity contribution in [3.63, 3.8) is 0 Å². The first-order chi connectivity index (χ1) is 15.6. The van der Waals surface area contributed by atoms with Gasteiger partial charge in [0, 0.05) is 22.9 Å². The summed E-state index contributed by atoms with van der Waals surface area (Å²) in [5, 5.41) is 4.11. The molecule has 2 nitrogen and oxygen atoms in total. The largest absolute Gasteiger partial charge is 0.454 e. The molecule has 0 amide bonds. The Morgan fingerprint density at radius 2 is 1.44 bits per heavy atom. The zero-order chi connectivity index (χ0) is 21.8. The van der Waals surface area contributed by atoms with Crippen LogP contribution in [0.5, 0.6) is 0 Å². The second-order valence-electron chi connectivity index (χ2n) is 8.29. The van der Waals surface area contributed by atoms with Gasteiger partial charge in [-0.3, -0.25) is 0 Å². The van der Waals surface area contributed by atoms with Gasteiger partial charge in [-0.25, -0.2) is 8.96 Å². The maximum Gasteiger partial charge on any atom is 0.216 e. The van der Waals surface area contributed by atoms with Crippen molar-refractivity contribution in [1.29, 1.82) is 0 Å². The van der Waals surface area contributed by atoms with E-state index in [-0.39, 0.29) is 5.82 Å². The number of rotatable bonds is 2. The van der Waals surface area contributed by atoms with Crippen LogP contribution in [0.2, 0.25) is 0 Å². The zero-order valence-corrected chi connectivity index (χ0v) is 17.9. The van der Waals surface area contributed by atoms with Gasteiger partial charge in [0.25, 0.3) is 0 Å². The monoisotopic (exact) mass is 418 g/mol. The standard InChI is InChI=1S/C29H21FNO/c1-18-10-13-22-23-14-15-24(30)27(21-12-11-19-7-3-4-8-20(19)17-21)29(23)32-28(22)26(18)25-9-5-6-16-31(25)2/h3-17H,1-2H3/q+1. The summed E-state index contributed by atoms with van der Waals surface area (Å²) in [6.45, 7) is 2.08. The van der Waals surface area contributed by atoms with E-state index >= 15 is 4.39 Å². The maximum atomic E-state index is 15.2. The second-order valence-corrected chi connectivity index (χ2v) is 8.29. The Kier molecular flexibility index (Phi) is 4.12. The van der Waals surface area contributed by atoms with Crippen molar-refractivity contribution in [1.82, 2.24) is 0 Å². The summed E-state index contributed by atoms with van der Waals surface area (Å²) in [5.41, 5.74) is 5.90. The molecule has 0 aliphatic carbocycles. The predicted octanol–water partition coefficient (Wildman–Crippen LogP) is 7.35. The van der Waals surface area contributed by atoms with Crippen molar-refractivity contribution >= 4 is 32.7 Å². The van der Waals surface area contributed by atoms with Crippen LogP contribution in [0, 0.1) is 12.7 Å². The summed E-state index contributed by atoms with van der Waals surface area (Å²) < 4.78 is 23.8. The molecule has 0 fully saturated rings. The number of furan rings is 1. The highest BCUT2D eigenvalue weighted by Crippen LogP contribution is 2.41. The van der Waals surface area contributed by atoms with Crippen LogP contribution in [-0.2, 0) is 7.05 Å². The van der Waals surface area contributed by atoms with E-state index in [1.165, 1.54) is 0 Å². The Hall–Kier alpha value is -3.98. The molecule has 0 aliphatic rings. The minimum Gasteiger partial charge on any atom is -0.454 e. The summed E-state index contributed by atoms with van der Waals surface area (Å²) in [5.74, 6) is -0.282. The predicted molar refractivity (Wildman–Crippen MR) is 128 cm³/mol. The molecule has 0 saturated heterocycles. The number of hydrogen-bond donors (Lipinski definition) is 0. The third kappa shape index (κ3) is 2.75. The highest BCUT2D eigenvalue weighted by Gasteiger charge is 2.22. The van der Waals surface area contributed by atoms with E-state index in [1.54, 1.807) is 6.07 Å². The topological polar surface area (TPSA) is 17.0 Å². The number of nitrogens with zero attached hydrogens (tertiary/aromatic N) is 1. The lowest BCUT2D eigenvalue weighted by Crippen LogP contribution is -2.30. The van der Waals surface area contributed by atoms with E-state index in [0.29, 0.717) is 11.1 Å². The zero-order valence-electron chi connectivity index (χ0n) is 17.9. The molecular weight excluding hydrogens is 397 g/mol. The van der Waals surface area contributed by atoms with E-state index in [4.69, 9.17) is 4.42 Å². The van der Waals surface area contributed by atoms with Gasteiger partial charge in [0.2, 0.25) is 5.69 Å². The number of aromatic nitrogens is 1. The molecule has 4 aromatic carbocycles. The fraction of sp³-hybridized carbons (Fsp3) is 0.0690. The highest BCUT2D eigenvalue weighted by molar-refractivity contribution is 6.13. The van der Waals surface area contributed by atoms with E-state index in [1.807, 2.05) is 67.8 Å². The number of benzene rings is 4. The van der Waals surface area contributed by atoms with Gasteiger partial charge in [0.05, 0.1) is 11.1 Å². The SMILES string of the molecule is Cc1ccc2c(oc3c(-c4ccc5ccccc5c4)c(F)ccc32)c1-c1cccc[n+]1C. The normalized spacial score (nSPS) is 11.6. The molecule has 154 valence electrons. The maximum absolute atomic E-state index is 15.2. The first-order valence-corrected chi connectivity index (χ1v) is 10.7. The van der Waals surface area contributed by atoms with Crippen LogP contribution < -0.4 is 4.57 Å². The molecule has 0 unspecified atom stereocenters. The Morgan fingerprint density at radius 1 is 0.719 bits per heavy atom. The molecule has 0 spiro atoms. The van der Waals surface area contributed by atoms with Gasteiger partial charge >= 0.3 is 0 Å². The molecule has 0 radical (unpaired) electrons. The highest BCUT2D eigenvalue weighted by atomic mass is 19.1. The smallest absolute Gasteiger partial charge is 0.216 e. The molecule has 0 atom stereocenters. The van der Waals surface area contributed by atoms with Crippen molar-refractivity contribution in [3.05, 3.63) is 103 Å². The van der Waals surface area contributed by atoms with E-state index < -0.39 is 0 Å². The molecule has 0 aliphatic heterocycles. The average Bonchev–Trinajstić information content (AvgIpc) is 3.17. The third-order valence-corrected chi connectivity index (χ3v) is 6.32. The van der Waals surface area contributed by atoms with Crippen LogP contribution in [-0.4, -0.2) is 0 Å². The van der Waals surface area contributed by atoms with Gasteiger partial charge < -0.3 is 4.42 Å². The third-order valence-electron chi connectivity index (χ3n) is 6.32. The lowest BCUT2D eigenvalue weighted by Gasteiger charge is -2.06. The Bertz CT molecular complexity index is 1660. The van der Waals surface area contributed by atoms with E-state index in [2.05, 4.69) is 35.8 Å². The fourth-order valence-electron chi connectivity index (χ4n) is 4.69. The lowest BCUT2D eigenvalue weighted by atomic mass is 9.97. The summed E-state index contributed by atoms with van der Waals surface area (Å²) in [4.78, 5) is 0. The van der Waals surface area contributed by atoms with Crippen LogP contribution >= 0.6 is 0 Å².